The number of amides is 2. The van der Waals surface area contributed by atoms with Crippen molar-refractivity contribution in [3.05, 3.63) is 54.1 Å². The molecule has 2 amide bonds. The first-order valence-electron chi connectivity index (χ1n) is 10.1. The molecule has 2 aliphatic rings. The van der Waals surface area contributed by atoms with Gasteiger partial charge in [-0.2, -0.15) is 0 Å². The molecular weight excluding hydrogens is 366 g/mol. The zero-order chi connectivity index (χ0) is 20.4. The number of methoxy groups -OCH3 is 1. The van der Waals surface area contributed by atoms with E-state index in [2.05, 4.69) is 4.90 Å². The summed E-state index contributed by atoms with van der Waals surface area (Å²) in [7, 11) is 3.43. The second-order valence-corrected chi connectivity index (χ2v) is 7.67. The number of hydrogen-bond acceptors (Lipinski definition) is 4. The van der Waals surface area contributed by atoms with Crippen molar-refractivity contribution < 1.29 is 14.3 Å². The fraction of sp³-hybridized carbons (Fsp3) is 0.391. The lowest BCUT2D eigenvalue weighted by Crippen LogP contribution is -2.49. The quantitative estimate of drug-likeness (QED) is 0.784. The number of rotatable bonds is 5. The predicted octanol–water partition coefficient (Wildman–Crippen LogP) is 3.03. The largest absolute Gasteiger partial charge is 0.497 e. The van der Waals surface area contributed by atoms with Crippen molar-refractivity contribution in [3.63, 3.8) is 0 Å². The van der Waals surface area contributed by atoms with Gasteiger partial charge in [-0.15, -0.1) is 0 Å². The van der Waals surface area contributed by atoms with Crippen molar-refractivity contribution in [1.29, 1.82) is 0 Å². The molecule has 0 N–H and O–H groups in total. The SMILES string of the molecule is COc1ccc(N2CCN(C(=O)c3ccccc3N(C)C(=O)C3CC3)CC2)cc1. The summed E-state index contributed by atoms with van der Waals surface area (Å²) in [4.78, 5) is 31.5. The van der Waals surface area contributed by atoms with Crippen molar-refractivity contribution in [2.45, 2.75) is 12.8 Å². The van der Waals surface area contributed by atoms with Gasteiger partial charge in [-0.25, -0.2) is 0 Å². The van der Waals surface area contributed by atoms with Crippen LogP contribution in [0.1, 0.15) is 23.2 Å². The number of nitrogens with zero attached hydrogens (tertiary/aromatic N) is 3. The predicted molar refractivity (Wildman–Crippen MR) is 114 cm³/mol. The maximum atomic E-state index is 13.2. The second kappa shape index (κ2) is 8.15. The van der Waals surface area contributed by atoms with Crippen LogP contribution in [-0.2, 0) is 4.79 Å². The number of ether oxygens (including phenoxy) is 1. The van der Waals surface area contributed by atoms with E-state index in [4.69, 9.17) is 4.74 Å². The van der Waals surface area contributed by atoms with Crippen LogP contribution in [-0.4, -0.2) is 57.1 Å². The molecule has 6 heteroatoms. The Hall–Kier alpha value is -3.02. The third-order valence-corrected chi connectivity index (χ3v) is 5.76. The highest BCUT2D eigenvalue weighted by Crippen LogP contribution is 2.33. The molecule has 2 aromatic rings. The molecule has 1 saturated carbocycles. The van der Waals surface area contributed by atoms with Gasteiger partial charge in [0, 0.05) is 44.8 Å². The van der Waals surface area contributed by atoms with Gasteiger partial charge in [0.05, 0.1) is 18.4 Å². The summed E-state index contributed by atoms with van der Waals surface area (Å²) in [5, 5.41) is 0. The van der Waals surface area contributed by atoms with Gasteiger partial charge < -0.3 is 19.4 Å². The maximum Gasteiger partial charge on any atom is 0.256 e. The smallest absolute Gasteiger partial charge is 0.256 e. The van der Waals surface area contributed by atoms with Gasteiger partial charge in [0.25, 0.3) is 5.91 Å². The molecule has 6 nitrogen and oxygen atoms in total. The molecule has 4 rings (SSSR count). The van der Waals surface area contributed by atoms with Crippen LogP contribution in [0.25, 0.3) is 0 Å². The van der Waals surface area contributed by atoms with Gasteiger partial charge in [0.1, 0.15) is 5.75 Å². The molecule has 1 aliphatic carbocycles. The van der Waals surface area contributed by atoms with E-state index in [1.807, 2.05) is 53.4 Å². The number of carbonyl (C=O) groups is 2. The lowest BCUT2D eigenvalue weighted by atomic mass is 10.1. The van der Waals surface area contributed by atoms with E-state index in [0.717, 1.165) is 37.4 Å². The molecular formula is C23H27N3O3. The average Bonchev–Trinajstić information content (AvgIpc) is 3.63. The van der Waals surface area contributed by atoms with Gasteiger partial charge in [0.2, 0.25) is 5.91 Å². The molecule has 1 heterocycles. The van der Waals surface area contributed by atoms with Gasteiger partial charge in [-0.3, -0.25) is 9.59 Å². The molecule has 152 valence electrons. The Balaban J connectivity index is 1.44. The zero-order valence-electron chi connectivity index (χ0n) is 17.0. The van der Waals surface area contributed by atoms with Gasteiger partial charge in [-0.05, 0) is 49.2 Å². The first-order chi connectivity index (χ1) is 14.1. The van der Waals surface area contributed by atoms with E-state index in [-0.39, 0.29) is 17.7 Å². The third-order valence-electron chi connectivity index (χ3n) is 5.76. The van der Waals surface area contributed by atoms with E-state index in [1.54, 1.807) is 19.1 Å². The fourth-order valence-corrected chi connectivity index (χ4v) is 3.80. The lowest BCUT2D eigenvalue weighted by molar-refractivity contribution is -0.119. The molecule has 0 aromatic heterocycles. The number of anilines is 2. The van der Waals surface area contributed by atoms with Gasteiger partial charge >= 0.3 is 0 Å². The molecule has 0 radical (unpaired) electrons. The topological polar surface area (TPSA) is 53.1 Å². The highest BCUT2D eigenvalue weighted by atomic mass is 16.5. The highest BCUT2D eigenvalue weighted by molar-refractivity contribution is 6.05. The first-order valence-corrected chi connectivity index (χ1v) is 10.1. The van der Waals surface area contributed by atoms with E-state index in [9.17, 15) is 9.59 Å². The van der Waals surface area contributed by atoms with Crippen LogP contribution in [0.15, 0.2) is 48.5 Å². The Morgan fingerprint density at radius 3 is 2.24 bits per heavy atom. The van der Waals surface area contributed by atoms with E-state index in [0.29, 0.717) is 24.3 Å². The lowest BCUT2D eigenvalue weighted by Gasteiger charge is -2.36. The fourth-order valence-electron chi connectivity index (χ4n) is 3.80. The Morgan fingerprint density at radius 1 is 0.966 bits per heavy atom. The summed E-state index contributed by atoms with van der Waals surface area (Å²) in [6.45, 7) is 2.85. The highest BCUT2D eigenvalue weighted by Gasteiger charge is 2.34. The summed E-state index contributed by atoms with van der Waals surface area (Å²) < 4.78 is 5.22. The van der Waals surface area contributed by atoms with Crippen LogP contribution in [0.3, 0.4) is 0 Å². The summed E-state index contributed by atoms with van der Waals surface area (Å²) in [6.07, 6.45) is 1.90. The van der Waals surface area contributed by atoms with Crippen LogP contribution in [0.2, 0.25) is 0 Å². The summed E-state index contributed by atoms with van der Waals surface area (Å²) in [6, 6.07) is 15.4. The Bertz CT molecular complexity index is 884. The van der Waals surface area contributed by atoms with E-state index < -0.39 is 0 Å². The van der Waals surface area contributed by atoms with Crippen LogP contribution in [0.5, 0.6) is 5.75 Å². The molecule has 0 atom stereocenters. The molecule has 0 spiro atoms. The maximum absolute atomic E-state index is 13.2. The van der Waals surface area contributed by atoms with Gasteiger partial charge in [0.15, 0.2) is 0 Å². The van der Waals surface area contributed by atoms with Crippen LogP contribution < -0.4 is 14.5 Å². The molecule has 1 saturated heterocycles. The third kappa shape index (κ3) is 4.06. The van der Waals surface area contributed by atoms with Crippen molar-refractivity contribution in [2.24, 2.45) is 5.92 Å². The van der Waals surface area contributed by atoms with Crippen LogP contribution in [0.4, 0.5) is 11.4 Å². The minimum absolute atomic E-state index is 0.00886. The minimum atomic E-state index is -0.00886. The molecule has 0 unspecified atom stereocenters. The average molecular weight is 393 g/mol. The van der Waals surface area contributed by atoms with E-state index in [1.165, 1.54) is 0 Å². The van der Waals surface area contributed by atoms with Crippen molar-refractivity contribution in [2.75, 3.05) is 50.1 Å². The number of benzene rings is 2. The molecule has 2 aromatic carbocycles. The zero-order valence-corrected chi connectivity index (χ0v) is 17.0. The standard InChI is InChI=1S/C23H27N3O3/c1-24(22(27)17-7-8-17)21-6-4-3-5-20(21)23(28)26-15-13-25(14-16-26)18-9-11-19(29-2)12-10-18/h3-6,9-12,17H,7-8,13-16H2,1-2H3. The number of hydrogen-bond donors (Lipinski definition) is 0. The normalized spacial score (nSPS) is 16.5. The molecule has 2 fully saturated rings. The number of para-hydroxylation sites is 1. The minimum Gasteiger partial charge on any atom is -0.497 e. The molecule has 29 heavy (non-hydrogen) atoms. The molecule has 1 aliphatic heterocycles. The Kier molecular flexibility index (Phi) is 5.43. The van der Waals surface area contributed by atoms with Crippen molar-refractivity contribution >= 4 is 23.2 Å². The van der Waals surface area contributed by atoms with Crippen molar-refractivity contribution in [3.8, 4) is 5.75 Å². The monoisotopic (exact) mass is 393 g/mol. The Morgan fingerprint density at radius 2 is 1.62 bits per heavy atom. The van der Waals surface area contributed by atoms with E-state index >= 15 is 0 Å². The van der Waals surface area contributed by atoms with Crippen LogP contribution in [0, 0.1) is 5.92 Å². The summed E-state index contributed by atoms with van der Waals surface area (Å²) in [5.74, 6) is 1.06. The summed E-state index contributed by atoms with van der Waals surface area (Å²) in [5.41, 5.74) is 2.43. The van der Waals surface area contributed by atoms with Crippen molar-refractivity contribution in [1.82, 2.24) is 4.90 Å². The second-order valence-electron chi connectivity index (χ2n) is 7.67. The van der Waals surface area contributed by atoms with Gasteiger partial charge in [-0.1, -0.05) is 12.1 Å². The number of carbonyl (C=O) groups excluding carboxylic acids is 2. The first kappa shape index (κ1) is 19.3. The van der Waals surface area contributed by atoms with Crippen LogP contribution >= 0.6 is 0 Å². The Labute approximate surface area is 171 Å². The molecule has 0 bridgehead atoms. The number of piperazine rings is 1. The summed E-state index contributed by atoms with van der Waals surface area (Å²) >= 11 is 0.